The first-order valence-corrected chi connectivity index (χ1v) is 47.0. The summed E-state index contributed by atoms with van der Waals surface area (Å²) in [7, 11) is 9.72. The zero-order valence-corrected chi connectivity index (χ0v) is 79.7. The molecule has 1 aromatic rings. The number of amides is 8. The van der Waals surface area contributed by atoms with Gasteiger partial charge in [-0.05, 0) is 119 Å². The molecular formula is C84H130IN11O29S3. The van der Waals surface area contributed by atoms with E-state index in [0.29, 0.717) is 41.5 Å². The lowest BCUT2D eigenvalue weighted by Crippen LogP contribution is -2.65. The van der Waals surface area contributed by atoms with Gasteiger partial charge in [0.05, 0.1) is 130 Å². The summed E-state index contributed by atoms with van der Waals surface area (Å²) in [4.78, 5) is 113. The number of halogens is 1. The highest BCUT2D eigenvalue weighted by Crippen LogP contribution is 2.48. The van der Waals surface area contributed by atoms with Crippen LogP contribution in [0.25, 0.3) is 0 Å². The number of aliphatic hydroxyl groups is 6. The number of benzene rings is 1. The van der Waals surface area contributed by atoms with Crippen molar-refractivity contribution in [2.24, 2.45) is 17.4 Å². The van der Waals surface area contributed by atoms with Crippen molar-refractivity contribution >= 4 is 108 Å². The van der Waals surface area contributed by atoms with E-state index in [1.807, 2.05) is 48.3 Å². The van der Waals surface area contributed by atoms with Crippen LogP contribution in [0, 0.1) is 40.1 Å². The number of unbranched alkanes of at least 4 members (excludes halogenated alkanes) is 1. The second-order valence-corrected chi connectivity index (χ2v) is 37.0. The van der Waals surface area contributed by atoms with Crippen molar-refractivity contribution < 1.29 is 140 Å². The normalized spacial score (nSPS) is 28.2. The zero-order chi connectivity index (χ0) is 94.2. The van der Waals surface area contributed by atoms with E-state index in [2.05, 4.69) is 66.4 Å². The van der Waals surface area contributed by atoms with Crippen molar-refractivity contribution in [2.75, 3.05) is 114 Å². The van der Waals surface area contributed by atoms with Crippen LogP contribution in [-0.2, 0) is 85.7 Å². The third-order valence-electron chi connectivity index (χ3n) is 21.7. The van der Waals surface area contributed by atoms with Crippen LogP contribution in [0.2, 0.25) is 0 Å². The lowest BCUT2D eigenvalue weighted by atomic mass is 9.75. The molecule has 2 aliphatic carbocycles. The molecule has 0 spiro atoms. The maximum absolute atomic E-state index is 14.4. The number of ketones is 1. The molecule has 4 heterocycles. The highest BCUT2D eigenvalue weighted by Gasteiger charge is 2.53. The fourth-order valence-electron chi connectivity index (χ4n) is 15.0. The average Bonchev–Trinajstić information content (AvgIpc) is 0.748. The number of rotatable bonds is 48. The number of hydrogen-bond acceptors (Lipinski definition) is 33. The Morgan fingerprint density at radius 2 is 1.45 bits per heavy atom. The van der Waals surface area contributed by atoms with Crippen LogP contribution in [0.4, 0.5) is 9.59 Å². The predicted octanol–water partition coefficient (Wildman–Crippen LogP) is 0.641. The van der Waals surface area contributed by atoms with Gasteiger partial charge in [-0.15, -0.1) is 0 Å². The fraction of sp³-hybridized carbons (Fsp3) is 0.702. The smallest absolute Gasteiger partial charge is 0.411 e. The minimum absolute atomic E-state index is 0.00579. The number of Topliss-reactive ketones (excluding diaryl/α,β-unsaturated/α-hetero) is 1. The van der Waals surface area contributed by atoms with E-state index < -0.39 is 187 Å². The summed E-state index contributed by atoms with van der Waals surface area (Å²) in [6, 6.07) is -5.57. The van der Waals surface area contributed by atoms with Crippen molar-refractivity contribution in [3.8, 4) is 40.9 Å². The van der Waals surface area contributed by atoms with Gasteiger partial charge in [-0.3, -0.25) is 43.8 Å². The zero-order valence-electron chi connectivity index (χ0n) is 75.0. The average molecular weight is 1980 g/mol. The van der Waals surface area contributed by atoms with Gasteiger partial charge >= 0.3 is 12.1 Å². The van der Waals surface area contributed by atoms with Gasteiger partial charge in [0.2, 0.25) is 41.6 Å². The molecule has 6 aliphatic rings. The molecule has 22 atom stereocenters. The molecular weight excluding hydrogens is 1850 g/mol. The molecule has 0 aromatic heterocycles. The van der Waals surface area contributed by atoms with E-state index in [4.69, 9.17) is 82.6 Å². The van der Waals surface area contributed by atoms with E-state index in [1.54, 1.807) is 58.4 Å². The molecule has 1 aromatic carbocycles. The van der Waals surface area contributed by atoms with E-state index >= 15 is 0 Å². The number of hydroxylamine groups is 1. The molecule has 4 fully saturated rings. The topological polar surface area (TPSA) is 548 Å². The Labute approximate surface area is 772 Å². The third-order valence-corrected chi connectivity index (χ3v) is 27.3. The third kappa shape index (κ3) is 31.0. The minimum atomic E-state index is -2.14. The summed E-state index contributed by atoms with van der Waals surface area (Å²) in [6.07, 6.45) is -13.7. The summed E-state index contributed by atoms with van der Waals surface area (Å²) < 4.78 is 85.5. The first-order valence-electron chi connectivity index (χ1n) is 42.5. The molecule has 128 heavy (non-hydrogen) atoms. The van der Waals surface area contributed by atoms with Crippen molar-refractivity contribution in [3.05, 3.63) is 49.8 Å². The summed E-state index contributed by atoms with van der Waals surface area (Å²) in [5.74, 6) is 8.36. The first kappa shape index (κ1) is 108. The number of methoxy groups -OCH3 is 5. The number of aliphatic hydroxyl groups excluding tert-OH is 5. The standard InChI is InChI=1S/C84H130IN11O29S3/c1-16-96(41-58(100)88-31-33-116-35-36-117-34-32-89-76(104)51(25-23-30-90-82(87)108)92-78(106)64(43(2)3)93-77(105)52(91-49(10)97)24-20-22-29-86)53-42-118-59(39-57(53)111-11)123-73-68(102)65(46(7)120-81(73)122-56-26-19-17-18-21-28-84(110)40-55(99)66(94-83(109)115-15)62(56)50(84)27-37-126-128-44(4)5)95-125-60-38-54(98)75(48(9)119-60)127-79(107)61-45(6)63(85)71(74(114-14)70(61)112-12)124-80-69(103)72(113-13)67(101)47(8)121-80/h17-18,27,43-44,46-48,51-54,56-57,59-60,64-65,67-69,72-73,75,80-81,95,98,101-103,107,110,127H,16,20,22-25,29-42,86H2,1-15H3,(H,88,100)(H,89,104)(H,91,97)(H,92,106)(H,93,105)(H,94,109)(H3,87,90,108)/b18-17?,50-27+/t46-,47+,48-,51+,52+,53+,54+,56+,57+,59+,60+,64+,65-,67+,68+,69-,72-,73-,75-,80+,81+,84+/m1/s1. The number of nitrogens with zero attached hydrogens (tertiary/aromatic N) is 1. The van der Waals surface area contributed by atoms with E-state index in [0.717, 1.165) is 7.11 Å². The molecule has 44 heteroatoms. The second-order valence-electron chi connectivity index (χ2n) is 31.6. The van der Waals surface area contributed by atoms with Gasteiger partial charge in [-0.25, -0.2) is 9.59 Å². The molecule has 720 valence electrons. The summed E-state index contributed by atoms with van der Waals surface area (Å²) in [6.45, 7) is 18.5. The number of likely N-dealkylation sites (N-methyl/N-ethyl adjacent to an activating group) is 1. The fourth-order valence-corrected chi connectivity index (χ4v) is 18.8. The van der Waals surface area contributed by atoms with Gasteiger partial charge in [0.1, 0.15) is 59.8 Å². The molecule has 2 bridgehead atoms. The number of fused-ring (bicyclic) bond motifs is 2. The van der Waals surface area contributed by atoms with Gasteiger partial charge in [0.25, 0.3) is 0 Å². The highest BCUT2D eigenvalue weighted by atomic mass is 127. The lowest BCUT2D eigenvalue weighted by Gasteiger charge is -2.47. The number of alkyl carbamates (subject to hydrolysis) is 1. The van der Waals surface area contributed by atoms with Crippen LogP contribution in [0.1, 0.15) is 125 Å². The SMILES string of the molecule is CCN(CC(=O)NCCOCCOCCNC(=O)[C@H](CCCNC(N)=O)NC(=O)[C@@H](NC(=O)[C@H](CCCCN)NC(C)=O)C(C)C)[C@H]1CO[C@@H](O[C@H]2[C@H](O[C@H]3C#CC=CC#C[C@]4(O)CC(=O)C(NC(=O)OC)=C3/C4=C\CSSC(C)C)O[C@H](C)[C@@H](NO[C@H]3C[C@H](O)[C@H]([SH]=C(O)c4c(C)c(I)c(O[C@@H]5O[C@@H](C)[C@H](O)[C@@H](OC)[C@H]5O)c(OC)c4OC)[C@@H](C)O3)[C@@H]2O)C[C@@H]1OC. The Morgan fingerprint density at radius 3 is 2.08 bits per heavy atom. The largest absolute Gasteiger partial charge is 0.492 e. The molecule has 18 N–H and O–H groups in total. The minimum Gasteiger partial charge on any atom is -0.492 e. The Morgan fingerprint density at radius 1 is 0.766 bits per heavy atom. The number of carbonyl (C=O) groups is 8. The number of thiol groups is 1. The number of nitrogens with one attached hydrogen (secondary N) is 8. The van der Waals surface area contributed by atoms with E-state index in [1.165, 1.54) is 58.3 Å². The van der Waals surface area contributed by atoms with Crippen LogP contribution in [-0.4, -0.2) is 340 Å². The second kappa shape index (κ2) is 53.9. The molecule has 7 rings (SSSR count). The Kier molecular flexibility index (Phi) is 45.7. The molecule has 40 nitrogen and oxygen atoms in total. The Bertz CT molecular complexity index is 4120. The van der Waals surface area contributed by atoms with Crippen LogP contribution >= 0.6 is 55.5 Å². The van der Waals surface area contributed by atoms with Crippen LogP contribution < -0.4 is 68.4 Å². The Balaban J connectivity index is 1.02. The summed E-state index contributed by atoms with van der Waals surface area (Å²) >= 11 is 2.22. The van der Waals surface area contributed by atoms with Gasteiger partial charge < -0.3 is 140 Å². The van der Waals surface area contributed by atoms with Crippen LogP contribution in [0.15, 0.2) is 35.1 Å². The van der Waals surface area contributed by atoms with Crippen LogP contribution in [0.5, 0.6) is 17.2 Å². The molecule has 0 saturated carbocycles. The van der Waals surface area contributed by atoms with Gasteiger partial charge in [0.15, 0.2) is 41.8 Å². The number of nitrogens with two attached hydrogens (primary N) is 2. The van der Waals surface area contributed by atoms with Gasteiger partial charge in [-0.2, -0.15) is 16.8 Å². The highest BCUT2D eigenvalue weighted by molar-refractivity contribution is 14.1. The molecule has 4 saturated heterocycles. The van der Waals surface area contributed by atoms with Crippen molar-refractivity contribution in [1.29, 1.82) is 0 Å². The maximum Gasteiger partial charge on any atom is 0.411 e. The maximum atomic E-state index is 14.4. The Hall–Kier alpha value is -6.63. The van der Waals surface area contributed by atoms with E-state index in [-0.39, 0.29) is 158 Å². The van der Waals surface area contributed by atoms with Gasteiger partial charge in [-0.1, -0.05) is 86.0 Å². The van der Waals surface area contributed by atoms with Crippen molar-refractivity contribution in [3.63, 3.8) is 0 Å². The lowest BCUT2D eigenvalue weighted by molar-refractivity contribution is -0.337. The molecule has 0 unspecified atom stereocenters. The predicted molar refractivity (Wildman–Crippen MR) is 482 cm³/mol. The number of urea groups is 1. The number of ether oxygens (including phenoxy) is 14. The molecule has 8 amide bonds. The summed E-state index contributed by atoms with van der Waals surface area (Å²) in [5, 5.41) is 89.3. The summed E-state index contributed by atoms with van der Waals surface area (Å²) in [5.41, 5.74) is 12.1. The molecule has 4 aliphatic heterocycles. The molecule has 0 radical (unpaired) electrons. The number of hydrogen-bond donors (Lipinski definition) is 17. The number of allylic oxidation sites excluding steroid dienone is 3. The first-order chi connectivity index (χ1) is 61.0. The quantitative estimate of drug-likeness (QED) is 0.00810. The van der Waals surface area contributed by atoms with E-state index in [9.17, 15) is 69.0 Å². The van der Waals surface area contributed by atoms with Gasteiger partial charge in [0, 0.05) is 75.8 Å². The number of carbonyl (C=O) groups excluding carboxylic acids is 8. The van der Waals surface area contributed by atoms with Crippen molar-refractivity contribution in [2.45, 2.75) is 259 Å². The van der Waals surface area contributed by atoms with Crippen LogP contribution in [0.3, 0.4) is 0 Å². The number of primary amides is 1. The monoisotopic (exact) mass is 1980 g/mol. The van der Waals surface area contributed by atoms with Crippen molar-refractivity contribution in [1.82, 2.24) is 47.6 Å².